The van der Waals surface area contributed by atoms with E-state index in [1.807, 2.05) is 12.1 Å². The fourth-order valence-corrected chi connectivity index (χ4v) is 2.41. The molecule has 1 aromatic carbocycles. The molecule has 21 heavy (non-hydrogen) atoms. The van der Waals surface area contributed by atoms with Crippen LogP contribution in [0.1, 0.15) is 10.5 Å². The molecule has 3 rings (SSSR count). The van der Waals surface area contributed by atoms with Crippen molar-refractivity contribution in [2.75, 3.05) is 11.1 Å². The summed E-state index contributed by atoms with van der Waals surface area (Å²) in [6, 6.07) is 8.86. The summed E-state index contributed by atoms with van der Waals surface area (Å²) >= 11 is 9.07. The van der Waals surface area contributed by atoms with Gasteiger partial charge in [0.15, 0.2) is 0 Å². The molecule has 0 radical (unpaired) electrons. The average molecular weight is 366 g/mol. The zero-order valence-corrected chi connectivity index (χ0v) is 13.0. The van der Waals surface area contributed by atoms with Crippen LogP contribution in [0.2, 0.25) is 5.15 Å². The van der Waals surface area contributed by atoms with Gasteiger partial charge in [-0.15, -0.1) is 0 Å². The number of halogens is 2. The highest BCUT2D eigenvalue weighted by molar-refractivity contribution is 9.10. The van der Waals surface area contributed by atoms with Crippen molar-refractivity contribution in [3.63, 3.8) is 0 Å². The van der Waals surface area contributed by atoms with Crippen molar-refractivity contribution in [1.82, 2.24) is 9.97 Å². The number of hydrogen-bond acceptors (Lipinski definition) is 3. The summed E-state index contributed by atoms with van der Waals surface area (Å²) in [6.07, 6.45) is 1.49. The molecule has 0 atom stereocenters. The number of nitrogen functional groups attached to an aromatic ring is 1. The van der Waals surface area contributed by atoms with Gasteiger partial charge in [-0.1, -0.05) is 11.6 Å². The minimum Gasteiger partial charge on any atom is -0.399 e. The number of hydrogen-bond donors (Lipinski definition) is 3. The summed E-state index contributed by atoms with van der Waals surface area (Å²) in [5.41, 5.74) is 8.22. The zero-order valence-electron chi connectivity index (χ0n) is 10.7. The third kappa shape index (κ3) is 2.86. The third-order valence-corrected chi connectivity index (χ3v) is 4.08. The first-order valence-electron chi connectivity index (χ1n) is 6.03. The second-order valence-electron chi connectivity index (χ2n) is 4.48. The normalized spacial score (nSPS) is 10.8. The maximum atomic E-state index is 12.2. The Labute approximate surface area is 133 Å². The Bertz CT molecular complexity index is 846. The van der Waals surface area contributed by atoms with Crippen LogP contribution in [0.3, 0.4) is 0 Å². The monoisotopic (exact) mass is 364 g/mol. The van der Waals surface area contributed by atoms with Crippen molar-refractivity contribution in [1.29, 1.82) is 0 Å². The molecule has 0 aliphatic carbocycles. The van der Waals surface area contributed by atoms with Crippen LogP contribution in [0.5, 0.6) is 0 Å². The number of fused-ring (bicyclic) bond motifs is 1. The van der Waals surface area contributed by atoms with E-state index >= 15 is 0 Å². The molecule has 0 aliphatic heterocycles. The van der Waals surface area contributed by atoms with E-state index in [9.17, 15) is 4.79 Å². The molecule has 3 aromatic rings. The number of aromatic nitrogens is 2. The fourth-order valence-electron chi connectivity index (χ4n) is 1.96. The molecule has 106 valence electrons. The van der Waals surface area contributed by atoms with Crippen LogP contribution in [-0.4, -0.2) is 15.9 Å². The highest BCUT2D eigenvalue weighted by atomic mass is 79.9. The molecule has 1 amide bonds. The van der Waals surface area contributed by atoms with Gasteiger partial charge in [0.2, 0.25) is 0 Å². The first-order valence-corrected chi connectivity index (χ1v) is 7.20. The summed E-state index contributed by atoms with van der Waals surface area (Å²) in [5, 5.41) is 3.98. The van der Waals surface area contributed by atoms with Crippen molar-refractivity contribution >= 4 is 55.7 Å². The molecule has 0 saturated heterocycles. The summed E-state index contributed by atoms with van der Waals surface area (Å²) in [4.78, 5) is 19.2. The van der Waals surface area contributed by atoms with Crippen molar-refractivity contribution in [2.45, 2.75) is 0 Å². The minimum absolute atomic E-state index is 0.263. The smallest absolute Gasteiger partial charge is 0.272 e. The predicted octanol–water partition coefficient (Wildman–Crippen LogP) is 3.81. The Hall–Kier alpha value is -2.05. The third-order valence-electron chi connectivity index (χ3n) is 2.94. The summed E-state index contributed by atoms with van der Waals surface area (Å²) in [5.74, 6) is -0.263. The Kier molecular flexibility index (Phi) is 3.57. The molecule has 4 N–H and O–H groups in total. The van der Waals surface area contributed by atoms with E-state index in [0.29, 0.717) is 26.7 Å². The summed E-state index contributed by atoms with van der Waals surface area (Å²) in [6.45, 7) is 0. The number of pyridine rings is 1. The number of carbonyl (C=O) groups is 1. The van der Waals surface area contributed by atoms with E-state index in [1.54, 1.807) is 18.2 Å². The number of rotatable bonds is 2. The molecule has 0 fully saturated rings. The van der Waals surface area contributed by atoms with Crippen molar-refractivity contribution in [3.05, 3.63) is 51.8 Å². The molecule has 0 aliphatic rings. The van der Waals surface area contributed by atoms with Gasteiger partial charge in [0, 0.05) is 16.6 Å². The molecular formula is C14H10BrClN4O. The van der Waals surface area contributed by atoms with Crippen LogP contribution in [0.25, 0.3) is 10.9 Å². The largest absolute Gasteiger partial charge is 0.399 e. The highest BCUT2D eigenvalue weighted by Gasteiger charge is 2.11. The molecule has 2 heterocycles. The summed E-state index contributed by atoms with van der Waals surface area (Å²) in [7, 11) is 0. The lowest BCUT2D eigenvalue weighted by Gasteiger charge is -2.04. The molecule has 0 unspecified atom stereocenters. The van der Waals surface area contributed by atoms with Crippen LogP contribution in [0, 0.1) is 0 Å². The van der Waals surface area contributed by atoms with Gasteiger partial charge in [-0.3, -0.25) is 4.79 Å². The fraction of sp³-hybridized carbons (Fsp3) is 0. The number of nitrogens with zero attached hydrogens (tertiary/aromatic N) is 1. The van der Waals surface area contributed by atoms with Crippen LogP contribution in [-0.2, 0) is 0 Å². The van der Waals surface area contributed by atoms with Crippen LogP contribution < -0.4 is 11.1 Å². The molecule has 2 aromatic heterocycles. The molecule has 0 spiro atoms. The Morgan fingerprint density at radius 3 is 2.90 bits per heavy atom. The summed E-state index contributed by atoms with van der Waals surface area (Å²) < 4.78 is 0.617. The zero-order chi connectivity index (χ0) is 15.0. The van der Waals surface area contributed by atoms with Gasteiger partial charge in [0.25, 0.3) is 5.91 Å². The lowest BCUT2D eigenvalue weighted by atomic mass is 10.2. The minimum atomic E-state index is -0.263. The first kappa shape index (κ1) is 13.9. The number of H-pyrrole nitrogens is 1. The molecular weight excluding hydrogens is 356 g/mol. The molecule has 0 saturated carbocycles. The number of aromatic amines is 1. The van der Waals surface area contributed by atoms with E-state index in [4.69, 9.17) is 17.3 Å². The molecule has 5 nitrogen and oxygen atoms in total. The topological polar surface area (TPSA) is 83.8 Å². The molecule has 0 bridgehead atoms. The number of anilines is 2. The number of amides is 1. The van der Waals surface area contributed by atoms with Crippen LogP contribution in [0.15, 0.2) is 41.0 Å². The number of nitrogens with two attached hydrogens (primary N) is 1. The SMILES string of the molecule is Nc1ccc2[nH]c(C(=O)Nc3cnc(Cl)c(Br)c3)cc2c1. The standard InChI is InChI=1S/C14H10BrClN4O/c15-10-5-9(6-18-13(10)16)19-14(21)12-4-7-3-8(17)1-2-11(7)20-12/h1-6,20H,17H2,(H,19,21). The Morgan fingerprint density at radius 2 is 2.14 bits per heavy atom. The number of benzene rings is 1. The van der Waals surface area contributed by atoms with Gasteiger partial charge >= 0.3 is 0 Å². The number of nitrogens with one attached hydrogen (secondary N) is 2. The van der Waals surface area contributed by atoms with Crippen LogP contribution >= 0.6 is 27.5 Å². The van der Waals surface area contributed by atoms with Crippen LogP contribution in [0.4, 0.5) is 11.4 Å². The maximum absolute atomic E-state index is 12.2. The van der Waals surface area contributed by atoms with E-state index in [-0.39, 0.29) is 5.91 Å². The van der Waals surface area contributed by atoms with Gasteiger partial charge < -0.3 is 16.0 Å². The second kappa shape index (κ2) is 5.38. The number of carbonyl (C=O) groups excluding carboxylic acids is 1. The van der Waals surface area contributed by atoms with E-state index in [2.05, 4.69) is 31.2 Å². The Morgan fingerprint density at radius 1 is 1.33 bits per heavy atom. The van der Waals surface area contributed by atoms with Crippen molar-refractivity contribution in [2.24, 2.45) is 0 Å². The van der Waals surface area contributed by atoms with E-state index < -0.39 is 0 Å². The second-order valence-corrected chi connectivity index (χ2v) is 5.69. The average Bonchev–Trinajstić information content (AvgIpc) is 2.86. The molecule has 7 heteroatoms. The van der Waals surface area contributed by atoms with E-state index in [0.717, 1.165) is 10.9 Å². The Balaban J connectivity index is 1.87. The van der Waals surface area contributed by atoms with Gasteiger partial charge in [-0.05, 0) is 46.3 Å². The highest BCUT2D eigenvalue weighted by Crippen LogP contribution is 2.24. The van der Waals surface area contributed by atoms with E-state index in [1.165, 1.54) is 6.20 Å². The maximum Gasteiger partial charge on any atom is 0.272 e. The lowest BCUT2D eigenvalue weighted by Crippen LogP contribution is -2.12. The van der Waals surface area contributed by atoms with Gasteiger partial charge in [0.1, 0.15) is 10.8 Å². The van der Waals surface area contributed by atoms with Gasteiger partial charge in [-0.2, -0.15) is 0 Å². The van der Waals surface area contributed by atoms with Gasteiger partial charge in [0.05, 0.1) is 16.4 Å². The van der Waals surface area contributed by atoms with Gasteiger partial charge in [-0.25, -0.2) is 4.98 Å². The predicted molar refractivity (Wildman–Crippen MR) is 87.6 cm³/mol. The van der Waals surface area contributed by atoms with Crippen molar-refractivity contribution in [3.8, 4) is 0 Å². The quantitative estimate of drug-likeness (QED) is 0.477. The lowest BCUT2D eigenvalue weighted by molar-refractivity contribution is 0.102. The van der Waals surface area contributed by atoms with Crippen molar-refractivity contribution < 1.29 is 4.79 Å². The first-order chi connectivity index (χ1) is 10.0.